The first-order chi connectivity index (χ1) is 14.5. The van der Waals surface area contributed by atoms with Crippen LogP contribution in [0.25, 0.3) is 0 Å². The van der Waals surface area contributed by atoms with Gasteiger partial charge in [-0.15, -0.1) is 0 Å². The monoisotopic (exact) mass is 399 g/mol. The van der Waals surface area contributed by atoms with Gasteiger partial charge < -0.3 is 15.4 Å². The molecule has 2 N–H and O–H groups in total. The molecule has 0 aliphatic heterocycles. The first-order valence-electron chi connectivity index (χ1n) is 9.45. The van der Waals surface area contributed by atoms with E-state index in [9.17, 15) is 9.59 Å². The molecule has 3 aromatic carbocycles. The number of rotatable bonds is 6. The SMILES string of the molecule is CC(C)NC(=O)c1ccccc1NC(=O)c1cccc(Oc2ccc(C#N)cc2)c1. The molecule has 0 radical (unpaired) electrons. The lowest BCUT2D eigenvalue weighted by Gasteiger charge is -2.13. The number of nitriles is 1. The molecule has 0 aliphatic rings. The van der Waals surface area contributed by atoms with Crippen LogP contribution in [0.3, 0.4) is 0 Å². The van der Waals surface area contributed by atoms with Crippen LogP contribution in [-0.2, 0) is 0 Å². The Kier molecular flexibility index (Phi) is 6.46. The van der Waals surface area contributed by atoms with Crippen LogP contribution in [0, 0.1) is 11.3 Å². The summed E-state index contributed by atoms with van der Waals surface area (Å²) in [7, 11) is 0. The number of carbonyl (C=O) groups is 2. The first kappa shape index (κ1) is 20.6. The summed E-state index contributed by atoms with van der Waals surface area (Å²) >= 11 is 0. The zero-order valence-electron chi connectivity index (χ0n) is 16.7. The third-order valence-electron chi connectivity index (χ3n) is 4.16. The summed E-state index contributed by atoms with van der Waals surface area (Å²) in [6, 6.07) is 22.3. The summed E-state index contributed by atoms with van der Waals surface area (Å²) in [4.78, 5) is 25.2. The number of nitrogens with one attached hydrogen (secondary N) is 2. The van der Waals surface area contributed by atoms with E-state index < -0.39 is 0 Å². The molecular weight excluding hydrogens is 378 g/mol. The van der Waals surface area contributed by atoms with Gasteiger partial charge in [-0.05, 0) is 68.4 Å². The van der Waals surface area contributed by atoms with Crippen molar-refractivity contribution in [3.05, 3.63) is 89.5 Å². The molecule has 0 aromatic heterocycles. The van der Waals surface area contributed by atoms with E-state index >= 15 is 0 Å². The zero-order valence-corrected chi connectivity index (χ0v) is 16.7. The third-order valence-corrected chi connectivity index (χ3v) is 4.16. The predicted molar refractivity (Wildman–Crippen MR) is 115 cm³/mol. The van der Waals surface area contributed by atoms with E-state index in [1.54, 1.807) is 72.8 Å². The molecule has 0 fully saturated rings. The van der Waals surface area contributed by atoms with Crippen molar-refractivity contribution in [1.29, 1.82) is 5.26 Å². The van der Waals surface area contributed by atoms with E-state index in [2.05, 4.69) is 16.7 Å². The molecule has 2 amide bonds. The van der Waals surface area contributed by atoms with Crippen LogP contribution in [0.2, 0.25) is 0 Å². The summed E-state index contributed by atoms with van der Waals surface area (Å²) in [6.07, 6.45) is 0. The highest BCUT2D eigenvalue weighted by molar-refractivity contribution is 6.09. The van der Waals surface area contributed by atoms with Crippen molar-refractivity contribution in [3.8, 4) is 17.6 Å². The molecule has 0 aliphatic carbocycles. The quantitative estimate of drug-likeness (QED) is 0.626. The molecule has 6 heteroatoms. The topological polar surface area (TPSA) is 91.2 Å². The normalized spacial score (nSPS) is 10.2. The largest absolute Gasteiger partial charge is 0.457 e. The van der Waals surface area contributed by atoms with Gasteiger partial charge in [0, 0.05) is 11.6 Å². The second-order valence-corrected chi connectivity index (χ2v) is 6.89. The van der Waals surface area contributed by atoms with E-state index in [1.165, 1.54) is 0 Å². The summed E-state index contributed by atoms with van der Waals surface area (Å²) in [5.41, 5.74) is 1.75. The molecule has 0 atom stereocenters. The van der Waals surface area contributed by atoms with Crippen molar-refractivity contribution in [1.82, 2.24) is 5.32 Å². The fourth-order valence-electron chi connectivity index (χ4n) is 2.76. The van der Waals surface area contributed by atoms with Crippen LogP contribution >= 0.6 is 0 Å². The van der Waals surface area contributed by atoms with Crippen molar-refractivity contribution in [2.75, 3.05) is 5.32 Å². The Labute approximate surface area is 175 Å². The second kappa shape index (κ2) is 9.39. The molecule has 6 nitrogen and oxygen atoms in total. The summed E-state index contributed by atoms with van der Waals surface area (Å²) in [5, 5.41) is 14.5. The van der Waals surface area contributed by atoms with Crippen molar-refractivity contribution in [3.63, 3.8) is 0 Å². The molecule has 0 saturated heterocycles. The zero-order chi connectivity index (χ0) is 21.5. The summed E-state index contributed by atoms with van der Waals surface area (Å²) < 4.78 is 5.77. The Morgan fingerprint density at radius 3 is 2.33 bits per heavy atom. The Balaban J connectivity index is 1.76. The van der Waals surface area contributed by atoms with Crippen molar-refractivity contribution >= 4 is 17.5 Å². The fourth-order valence-corrected chi connectivity index (χ4v) is 2.76. The lowest BCUT2D eigenvalue weighted by atomic mass is 10.1. The summed E-state index contributed by atoms with van der Waals surface area (Å²) in [5.74, 6) is 0.435. The molecule has 0 spiro atoms. The fraction of sp³-hybridized carbons (Fsp3) is 0.125. The Hall–Kier alpha value is -4.11. The highest BCUT2D eigenvalue weighted by Crippen LogP contribution is 2.23. The van der Waals surface area contributed by atoms with Gasteiger partial charge in [0.15, 0.2) is 0 Å². The van der Waals surface area contributed by atoms with Gasteiger partial charge in [-0.1, -0.05) is 18.2 Å². The van der Waals surface area contributed by atoms with E-state index in [0.717, 1.165) is 0 Å². The van der Waals surface area contributed by atoms with Crippen molar-refractivity contribution in [2.45, 2.75) is 19.9 Å². The average Bonchev–Trinajstić information content (AvgIpc) is 2.74. The molecule has 150 valence electrons. The Morgan fingerprint density at radius 1 is 0.900 bits per heavy atom. The molecule has 0 bridgehead atoms. The van der Waals surface area contributed by atoms with Crippen LogP contribution in [0.1, 0.15) is 40.1 Å². The van der Waals surface area contributed by atoms with Crippen LogP contribution in [0.5, 0.6) is 11.5 Å². The van der Waals surface area contributed by atoms with Gasteiger partial charge in [0.05, 0.1) is 22.9 Å². The van der Waals surface area contributed by atoms with Crippen LogP contribution in [-0.4, -0.2) is 17.9 Å². The van der Waals surface area contributed by atoms with Crippen molar-refractivity contribution < 1.29 is 14.3 Å². The molecule has 0 unspecified atom stereocenters. The Morgan fingerprint density at radius 2 is 1.63 bits per heavy atom. The van der Waals surface area contributed by atoms with E-state index in [0.29, 0.717) is 33.9 Å². The van der Waals surface area contributed by atoms with Gasteiger partial charge in [-0.25, -0.2) is 0 Å². The number of carbonyl (C=O) groups excluding carboxylic acids is 2. The molecule has 3 rings (SSSR count). The lowest BCUT2D eigenvalue weighted by molar-refractivity contribution is 0.0944. The Bertz CT molecular complexity index is 1100. The number of benzene rings is 3. The molecule has 3 aromatic rings. The standard InChI is InChI=1S/C24H21N3O3/c1-16(2)26-24(29)21-8-3-4-9-22(21)27-23(28)18-6-5-7-20(14-18)30-19-12-10-17(15-25)11-13-19/h3-14,16H,1-2H3,(H,26,29)(H,27,28). The molecule has 0 saturated carbocycles. The van der Waals surface area contributed by atoms with Gasteiger partial charge in [0.1, 0.15) is 11.5 Å². The number of anilines is 1. The number of para-hydroxylation sites is 1. The maximum Gasteiger partial charge on any atom is 0.255 e. The predicted octanol–water partition coefficient (Wildman–Crippen LogP) is 4.74. The smallest absolute Gasteiger partial charge is 0.255 e. The number of nitrogens with zero attached hydrogens (tertiary/aromatic N) is 1. The minimum atomic E-state index is -0.356. The van der Waals surface area contributed by atoms with Gasteiger partial charge >= 0.3 is 0 Å². The van der Waals surface area contributed by atoms with Gasteiger partial charge in [-0.3, -0.25) is 9.59 Å². The number of hydrogen-bond donors (Lipinski definition) is 2. The van der Waals surface area contributed by atoms with Gasteiger partial charge in [0.2, 0.25) is 0 Å². The molecule has 30 heavy (non-hydrogen) atoms. The van der Waals surface area contributed by atoms with Crippen LogP contribution in [0.15, 0.2) is 72.8 Å². The van der Waals surface area contributed by atoms with Gasteiger partial charge in [0.25, 0.3) is 11.8 Å². The molecule has 0 heterocycles. The highest BCUT2D eigenvalue weighted by atomic mass is 16.5. The lowest BCUT2D eigenvalue weighted by Crippen LogP contribution is -2.31. The van der Waals surface area contributed by atoms with Gasteiger partial charge in [-0.2, -0.15) is 5.26 Å². The first-order valence-corrected chi connectivity index (χ1v) is 9.45. The van der Waals surface area contributed by atoms with E-state index in [4.69, 9.17) is 10.00 Å². The number of hydrogen-bond acceptors (Lipinski definition) is 4. The van der Waals surface area contributed by atoms with Crippen LogP contribution in [0.4, 0.5) is 5.69 Å². The maximum absolute atomic E-state index is 12.8. The second-order valence-electron chi connectivity index (χ2n) is 6.89. The summed E-state index contributed by atoms with van der Waals surface area (Å²) in [6.45, 7) is 3.75. The van der Waals surface area contributed by atoms with Crippen molar-refractivity contribution in [2.24, 2.45) is 0 Å². The third kappa shape index (κ3) is 5.24. The number of amides is 2. The molecular formula is C24H21N3O3. The van der Waals surface area contributed by atoms with E-state index in [1.807, 2.05) is 13.8 Å². The number of ether oxygens (including phenoxy) is 1. The minimum absolute atomic E-state index is 0.0164. The average molecular weight is 399 g/mol. The maximum atomic E-state index is 12.8. The minimum Gasteiger partial charge on any atom is -0.457 e. The highest BCUT2D eigenvalue weighted by Gasteiger charge is 2.15. The van der Waals surface area contributed by atoms with Crippen LogP contribution < -0.4 is 15.4 Å². The van der Waals surface area contributed by atoms with E-state index in [-0.39, 0.29) is 17.9 Å².